The van der Waals surface area contributed by atoms with Crippen LogP contribution in [0.2, 0.25) is 0 Å². The van der Waals surface area contributed by atoms with E-state index in [9.17, 15) is 4.79 Å². The minimum Gasteiger partial charge on any atom is -0.292 e. The minimum atomic E-state index is 0.126. The minimum absolute atomic E-state index is 0.126. The Hall–Kier alpha value is -1.14. The fraction of sp³-hybridized carbons (Fsp3) is 0.364. The first-order chi connectivity index (χ1) is 8.16. The topological polar surface area (TPSA) is 58.6 Å². The molecule has 6 heteroatoms. The van der Waals surface area contributed by atoms with Gasteiger partial charge in [-0.1, -0.05) is 31.7 Å². The number of Topliss-reactive ketones (excluding diaryl/α,β-unsaturated/α-hetero) is 1. The molecule has 2 aromatic heterocycles. The predicted molar refractivity (Wildman–Crippen MR) is 69.8 cm³/mol. The number of aromatic nitrogens is 3. The highest BCUT2D eigenvalue weighted by molar-refractivity contribution is 7.99. The van der Waals surface area contributed by atoms with Gasteiger partial charge < -0.3 is 0 Å². The maximum atomic E-state index is 11.7. The number of aromatic amines is 1. The van der Waals surface area contributed by atoms with Crippen LogP contribution in [0.25, 0.3) is 0 Å². The summed E-state index contributed by atoms with van der Waals surface area (Å²) in [6.07, 6.45) is 0. The highest BCUT2D eigenvalue weighted by Gasteiger charge is 2.11. The number of thioether (sulfide) groups is 1. The van der Waals surface area contributed by atoms with Gasteiger partial charge in [0.25, 0.3) is 0 Å². The van der Waals surface area contributed by atoms with Crippen LogP contribution in [0.3, 0.4) is 0 Å². The molecule has 0 atom stereocenters. The molecule has 2 aromatic rings. The van der Waals surface area contributed by atoms with Crippen LogP contribution in [0.5, 0.6) is 0 Å². The second-order valence-corrected chi connectivity index (χ2v) is 5.74. The molecule has 2 heterocycles. The summed E-state index contributed by atoms with van der Waals surface area (Å²) in [7, 11) is 0. The molecule has 0 fully saturated rings. The van der Waals surface area contributed by atoms with E-state index in [-0.39, 0.29) is 5.78 Å². The highest BCUT2D eigenvalue weighted by atomic mass is 32.2. The van der Waals surface area contributed by atoms with E-state index in [1.54, 1.807) is 0 Å². The molecular weight excluding hydrogens is 254 g/mol. The summed E-state index contributed by atoms with van der Waals surface area (Å²) < 4.78 is 0. The summed E-state index contributed by atoms with van der Waals surface area (Å²) in [4.78, 5) is 16.8. The predicted octanol–water partition coefficient (Wildman–Crippen LogP) is 2.96. The lowest BCUT2D eigenvalue weighted by Crippen LogP contribution is -1.99. The second-order valence-electron chi connectivity index (χ2n) is 3.85. The quantitative estimate of drug-likeness (QED) is 0.668. The molecule has 0 saturated heterocycles. The van der Waals surface area contributed by atoms with Crippen LogP contribution < -0.4 is 0 Å². The molecule has 0 saturated carbocycles. The standard InChI is InChI=1S/C11H13N3OS2/c1-7(2)10-12-11(14-13-10)17-6-8(15)9-4-3-5-16-9/h3-5,7H,6H2,1-2H3,(H,12,13,14). The Morgan fingerprint density at radius 2 is 2.41 bits per heavy atom. The number of rotatable bonds is 5. The van der Waals surface area contributed by atoms with E-state index >= 15 is 0 Å². The number of nitrogens with zero attached hydrogens (tertiary/aromatic N) is 2. The Labute approximate surface area is 108 Å². The van der Waals surface area contributed by atoms with Crippen LogP contribution >= 0.6 is 23.1 Å². The molecule has 17 heavy (non-hydrogen) atoms. The van der Waals surface area contributed by atoms with Gasteiger partial charge >= 0.3 is 0 Å². The summed E-state index contributed by atoms with van der Waals surface area (Å²) in [5.41, 5.74) is 0. The van der Waals surface area contributed by atoms with Gasteiger partial charge in [-0.15, -0.1) is 16.4 Å². The van der Waals surface area contributed by atoms with Crippen molar-refractivity contribution in [3.05, 3.63) is 28.2 Å². The lowest BCUT2D eigenvalue weighted by molar-refractivity contribution is 0.102. The number of carbonyl (C=O) groups is 1. The van der Waals surface area contributed by atoms with Gasteiger partial charge in [0.15, 0.2) is 5.78 Å². The van der Waals surface area contributed by atoms with Gasteiger partial charge in [0, 0.05) is 5.92 Å². The number of H-pyrrole nitrogens is 1. The van der Waals surface area contributed by atoms with Crippen molar-refractivity contribution in [1.29, 1.82) is 0 Å². The molecule has 0 spiro atoms. The van der Waals surface area contributed by atoms with E-state index in [4.69, 9.17) is 0 Å². The van der Waals surface area contributed by atoms with Crippen LogP contribution in [0.15, 0.2) is 22.7 Å². The fourth-order valence-corrected chi connectivity index (χ4v) is 2.66. The average molecular weight is 267 g/mol. The molecule has 90 valence electrons. The Bertz CT molecular complexity index is 491. The number of hydrogen-bond acceptors (Lipinski definition) is 5. The van der Waals surface area contributed by atoms with Gasteiger partial charge in [0.1, 0.15) is 5.82 Å². The van der Waals surface area contributed by atoms with Crippen molar-refractivity contribution < 1.29 is 4.79 Å². The molecule has 0 aromatic carbocycles. The van der Waals surface area contributed by atoms with Crippen molar-refractivity contribution in [1.82, 2.24) is 15.2 Å². The maximum absolute atomic E-state index is 11.7. The molecule has 1 N–H and O–H groups in total. The highest BCUT2D eigenvalue weighted by Crippen LogP contribution is 2.19. The first kappa shape index (κ1) is 12.3. The molecule has 0 radical (unpaired) electrons. The first-order valence-corrected chi connectivity index (χ1v) is 7.15. The van der Waals surface area contributed by atoms with Crippen LogP contribution in [-0.4, -0.2) is 26.7 Å². The third-order valence-corrected chi connectivity index (χ3v) is 3.92. The number of ketones is 1. The number of nitrogens with one attached hydrogen (secondary N) is 1. The largest absolute Gasteiger partial charge is 0.292 e. The van der Waals surface area contributed by atoms with E-state index in [1.165, 1.54) is 23.1 Å². The molecule has 0 amide bonds. The smallest absolute Gasteiger partial charge is 0.208 e. The molecule has 4 nitrogen and oxygen atoms in total. The van der Waals surface area contributed by atoms with Gasteiger partial charge in [0.2, 0.25) is 5.16 Å². The third-order valence-electron chi connectivity index (χ3n) is 2.16. The Morgan fingerprint density at radius 3 is 3.00 bits per heavy atom. The van der Waals surface area contributed by atoms with E-state index in [0.29, 0.717) is 16.8 Å². The SMILES string of the molecule is CC(C)c1nc(SCC(=O)c2cccs2)n[nH]1. The molecule has 0 unspecified atom stereocenters. The molecule has 0 aliphatic heterocycles. The van der Waals surface area contributed by atoms with Crippen LogP contribution in [0.4, 0.5) is 0 Å². The fourth-order valence-electron chi connectivity index (χ4n) is 1.22. The normalized spacial score (nSPS) is 11.0. The zero-order valence-corrected chi connectivity index (χ0v) is 11.3. The van der Waals surface area contributed by atoms with Gasteiger partial charge in [-0.05, 0) is 11.4 Å². The zero-order valence-electron chi connectivity index (χ0n) is 9.64. The number of hydrogen-bond donors (Lipinski definition) is 1. The van der Waals surface area contributed by atoms with E-state index in [1.807, 2.05) is 31.4 Å². The molecule has 2 rings (SSSR count). The van der Waals surface area contributed by atoms with Gasteiger partial charge in [-0.25, -0.2) is 4.98 Å². The van der Waals surface area contributed by atoms with E-state index < -0.39 is 0 Å². The molecule has 0 bridgehead atoms. The molecular formula is C11H13N3OS2. The van der Waals surface area contributed by atoms with Crippen molar-refractivity contribution in [2.75, 3.05) is 5.75 Å². The lowest BCUT2D eigenvalue weighted by Gasteiger charge is -1.96. The van der Waals surface area contributed by atoms with Crippen molar-refractivity contribution in [3.63, 3.8) is 0 Å². The summed E-state index contributed by atoms with van der Waals surface area (Å²) >= 11 is 2.83. The Balaban J connectivity index is 1.91. The lowest BCUT2D eigenvalue weighted by atomic mass is 10.2. The Morgan fingerprint density at radius 1 is 1.59 bits per heavy atom. The summed E-state index contributed by atoms with van der Waals surface area (Å²) in [6.45, 7) is 4.09. The summed E-state index contributed by atoms with van der Waals surface area (Å²) in [6, 6.07) is 3.72. The molecule has 0 aliphatic rings. The van der Waals surface area contributed by atoms with Crippen molar-refractivity contribution in [2.45, 2.75) is 24.9 Å². The summed E-state index contributed by atoms with van der Waals surface area (Å²) in [5, 5.41) is 9.48. The van der Waals surface area contributed by atoms with Gasteiger partial charge in [-0.2, -0.15) is 0 Å². The monoisotopic (exact) mass is 267 g/mol. The van der Waals surface area contributed by atoms with E-state index in [0.717, 1.165) is 10.7 Å². The number of carbonyl (C=O) groups excluding carboxylic acids is 1. The van der Waals surface area contributed by atoms with Crippen molar-refractivity contribution in [2.24, 2.45) is 0 Å². The van der Waals surface area contributed by atoms with Crippen LogP contribution in [0.1, 0.15) is 35.3 Å². The number of thiophene rings is 1. The van der Waals surface area contributed by atoms with Crippen molar-refractivity contribution in [3.8, 4) is 0 Å². The molecule has 0 aliphatic carbocycles. The average Bonchev–Trinajstić information content (AvgIpc) is 2.97. The third kappa shape index (κ3) is 3.17. The first-order valence-electron chi connectivity index (χ1n) is 5.28. The van der Waals surface area contributed by atoms with Crippen LogP contribution in [0, 0.1) is 0 Å². The summed E-state index contributed by atoms with van der Waals surface area (Å²) in [5.74, 6) is 1.69. The van der Waals surface area contributed by atoms with E-state index in [2.05, 4.69) is 15.2 Å². The van der Waals surface area contributed by atoms with Crippen molar-refractivity contribution >= 4 is 28.9 Å². The zero-order chi connectivity index (χ0) is 12.3. The van der Waals surface area contributed by atoms with Gasteiger partial charge in [-0.3, -0.25) is 9.89 Å². The second kappa shape index (κ2) is 5.46. The Kier molecular flexibility index (Phi) is 3.96. The van der Waals surface area contributed by atoms with Gasteiger partial charge in [0.05, 0.1) is 10.6 Å². The maximum Gasteiger partial charge on any atom is 0.208 e. The van der Waals surface area contributed by atoms with Crippen LogP contribution in [-0.2, 0) is 0 Å².